The second-order valence-corrected chi connectivity index (χ2v) is 15.3. The van der Waals surface area contributed by atoms with Crippen LogP contribution in [0.1, 0.15) is 6.42 Å². The fraction of sp³-hybridized carbons (Fsp3) is 0.980. The van der Waals surface area contributed by atoms with Crippen LogP contribution in [-0.2, 0) is 118 Å². The Morgan fingerprint density at radius 1 is 0.197 bits per heavy atom. The third kappa shape index (κ3) is 72.5. The van der Waals surface area contributed by atoms with Crippen molar-refractivity contribution in [2.75, 3.05) is 318 Å². The van der Waals surface area contributed by atoms with Crippen LogP contribution in [0.2, 0.25) is 0 Å². The van der Waals surface area contributed by atoms with E-state index in [1.54, 1.807) is 7.11 Å². The predicted octanol–water partition coefficient (Wildman–Crippen LogP) is 0.489. The summed E-state index contributed by atoms with van der Waals surface area (Å²) >= 11 is 0. The number of carboxylic acids is 1. The first-order chi connectivity index (χ1) is 37.8. The topological polar surface area (TPSA) is 259 Å². The third-order valence-electron chi connectivity index (χ3n) is 9.05. The molecule has 0 saturated carbocycles. The maximum Gasteiger partial charge on any atom is 0.329 e. The van der Waals surface area contributed by atoms with E-state index < -0.39 is 5.97 Å². The van der Waals surface area contributed by atoms with Crippen molar-refractivity contribution in [1.82, 2.24) is 0 Å². The van der Waals surface area contributed by atoms with Gasteiger partial charge in [-0.25, -0.2) is 4.79 Å². The lowest BCUT2D eigenvalue weighted by Crippen LogP contribution is -2.16. The van der Waals surface area contributed by atoms with Gasteiger partial charge in [-0.05, 0) is 6.42 Å². The highest BCUT2D eigenvalue weighted by molar-refractivity contribution is 5.67. The van der Waals surface area contributed by atoms with Gasteiger partial charge in [0.15, 0.2) is 0 Å². The van der Waals surface area contributed by atoms with Crippen LogP contribution in [0.5, 0.6) is 0 Å². The van der Waals surface area contributed by atoms with Crippen LogP contribution in [0.3, 0.4) is 0 Å². The summed E-state index contributed by atoms with van der Waals surface area (Å²) in [7, 11) is 1.64. The first kappa shape index (κ1) is 74.5. The number of hydrogen-bond donors (Lipinski definition) is 1. The van der Waals surface area contributed by atoms with E-state index >= 15 is 0 Å². The van der Waals surface area contributed by atoms with E-state index in [1.165, 1.54) is 0 Å². The third-order valence-corrected chi connectivity index (χ3v) is 9.05. The Morgan fingerprint density at radius 2 is 0.316 bits per heavy atom. The van der Waals surface area contributed by atoms with Gasteiger partial charge in [-0.1, -0.05) is 0 Å². The van der Waals surface area contributed by atoms with Gasteiger partial charge in [-0.2, -0.15) is 0 Å². The van der Waals surface area contributed by atoms with E-state index in [0.29, 0.717) is 297 Å². The standard InChI is InChI=1S/C50H100O26/c1-53-5-6-56-11-12-59-17-18-62-23-24-65-29-30-66-27-25-63-21-19-60-15-13-57-9-7-54-3-2-4-55-8-10-58-14-16-61-20-22-64-26-28-67-31-32-68-33-34-69-35-36-70-37-38-71-39-40-72-41-42-73-43-44-74-45-46-75-47-48-76-49-50(51)52/h2-49H2,1H3,(H,51,52). The van der Waals surface area contributed by atoms with Crippen molar-refractivity contribution in [1.29, 1.82) is 0 Å². The number of ether oxygens (including phenoxy) is 24. The Kier molecular flexibility index (Phi) is 70.1. The van der Waals surface area contributed by atoms with Gasteiger partial charge >= 0.3 is 5.97 Å². The molecular formula is C50H100O26. The maximum absolute atomic E-state index is 10.3. The number of rotatable bonds is 72. The van der Waals surface area contributed by atoms with E-state index in [4.69, 9.17) is 119 Å². The van der Waals surface area contributed by atoms with E-state index in [0.717, 1.165) is 6.42 Å². The molecule has 76 heavy (non-hydrogen) atoms. The lowest BCUT2D eigenvalue weighted by Gasteiger charge is -2.09. The second kappa shape index (κ2) is 71.5. The quantitative estimate of drug-likeness (QED) is 0.0813. The van der Waals surface area contributed by atoms with Gasteiger partial charge in [0.2, 0.25) is 0 Å². The van der Waals surface area contributed by atoms with E-state index in [-0.39, 0.29) is 13.2 Å². The molecule has 26 heteroatoms. The number of methoxy groups -OCH3 is 1. The zero-order valence-corrected chi connectivity index (χ0v) is 46.1. The molecule has 0 saturated heterocycles. The molecule has 0 aromatic rings. The second-order valence-electron chi connectivity index (χ2n) is 15.3. The first-order valence-electron chi connectivity index (χ1n) is 26.8. The van der Waals surface area contributed by atoms with Crippen molar-refractivity contribution in [2.45, 2.75) is 6.42 Å². The molecule has 0 radical (unpaired) electrons. The summed E-state index contributed by atoms with van der Waals surface area (Å²) in [6.07, 6.45) is 0.800. The zero-order chi connectivity index (χ0) is 54.5. The Hall–Kier alpha value is -1.49. The molecule has 0 aromatic heterocycles. The van der Waals surface area contributed by atoms with Crippen LogP contribution in [0, 0.1) is 0 Å². The van der Waals surface area contributed by atoms with Crippen LogP contribution in [0.25, 0.3) is 0 Å². The largest absolute Gasteiger partial charge is 0.480 e. The van der Waals surface area contributed by atoms with Crippen molar-refractivity contribution in [2.24, 2.45) is 0 Å². The Balaban J connectivity index is 3.08. The highest BCUT2D eigenvalue weighted by Crippen LogP contribution is 1.92. The summed E-state index contributed by atoms with van der Waals surface area (Å²) in [4.78, 5) is 10.3. The summed E-state index contributed by atoms with van der Waals surface area (Å²) in [6, 6.07) is 0. The molecule has 0 heterocycles. The van der Waals surface area contributed by atoms with Crippen LogP contribution in [0.15, 0.2) is 0 Å². The van der Waals surface area contributed by atoms with Crippen molar-refractivity contribution in [3.8, 4) is 0 Å². The summed E-state index contributed by atoms with van der Waals surface area (Å²) in [5.41, 5.74) is 0. The highest BCUT2D eigenvalue weighted by Gasteiger charge is 2.01. The Morgan fingerprint density at radius 3 is 0.447 bits per heavy atom. The summed E-state index contributed by atoms with van der Waals surface area (Å²) in [5, 5.41) is 8.46. The summed E-state index contributed by atoms with van der Waals surface area (Å²) in [6.45, 7) is 22.2. The molecule has 0 atom stereocenters. The van der Waals surface area contributed by atoms with Gasteiger partial charge in [0.1, 0.15) is 6.61 Å². The highest BCUT2D eigenvalue weighted by atomic mass is 16.6. The molecule has 0 aliphatic rings. The monoisotopic (exact) mass is 1120 g/mol. The van der Waals surface area contributed by atoms with E-state index in [1.807, 2.05) is 0 Å². The molecule has 0 fully saturated rings. The molecule has 0 bridgehead atoms. The van der Waals surface area contributed by atoms with Gasteiger partial charge < -0.3 is 119 Å². The lowest BCUT2D eigenvalue weighted by molar-refractivity contribution is -0.142. The molecule has 0 unspecified atom stereocenters. The number of hydrogen-bond acceptors (Lipinski definition) is 25. The van der Waals surface area contributed by atoms with Crippen molar-refractivity contribution in [3.63, 3.8) is 0 Å². The van der Waals surface area contributed by atoms with Crippen LogP contribution in [-0.4, -0.2) is 329 Å². The fourth-order valence-electron chi connectivity index (χ4n) is 5.29. The molecule has 1 N–H and O–H groups in total. The fourth-order valence-corrected chi connectivity index (χ4v) is 5.29. The molecule has 0 aliphatic heterocycles. The molecule has 26 nitrogen and oxygen atoms in total. The predicted molar refractivity (Wildman–Crippen MR) is 273 cm³/mol. The average molecular weight is 1120 g/mol. The first-order valence-corrected chi connectivity index (χ1v) is 26.8. The SMILES string of the molecule is COCCOCCOCCOCCOCCOCCOCCOCCOCCOCCCOCCOCCOCCOCCOCCOCCOCCOCCOCCOCCOCCOCCOCCOCC(=O)O. The number of carbonyl (C=O) groups is 1. The van der Waals surface area contributed by atoms with Crippen molar-refractivity contribution >= 4 is 5.97 Å². The Labute approximate surface area is 452 Å². The van der Waals surface area contributed by atoms with Gasteiger partial charge in [0.05, 0.1) is 291 Å². The number of aliphatic carboxylic acids is 1. The minimum Gasteiger partial charge on any atom is -0.480 e. The minimum atomic E-state index is -1.00. The molecule has 0 amide bonds. The van der Waals surface area contributed by atoms with Crippen LogP contribution in [0.4, 0.5) is 0 Å². The van der Waals surface area contributed by atoms with Gasteiger partial charge in [0, 0.05) is 20.3 Å². The van der Waals surface area contributed by atoms with Crippen molar-refractivity contribution < 1.29 is 124 Å². The van der Waals surface area contributed by atoms with Crippen molar-refractivity contribution in [3.05, 3.63) is 0 Å². The molecule has 0 aromatic carbocycles. The Bertz CT molecular complexity index is 1050. The minimum absolute atomic E-state index is 0.234. The maximum atomic E-state index is 10.3. The summed E-state index contributed by atoms with van der Waals surface area (Å²) in [5.74, 6) is -1.00. The van der Waals surface area contributed by atoms with Gasteiger partial charge in [-0.3, -0.25) is 0 Å². The van der Waals surface area contributed by atoms with E-state index in [2.05, 4.69) is 0 Å². The molecular weight excluding hydrogens is 1020 g/mol. The normalized spacial score (nSPS) is 11.7. The lowest BCUT2D eigenvalue weighted by atomic mass is 10.5. The molecule has 0 rings (SSSR count). The smallest absolute Gasteiger partial charge is 0.329 e. The molecule has 0 aliphatic carbocycles. The van der Waals surface area contributed by atoms with Crippen LogP contribution >= 0.6 is 0 Å². The van der Waals surface area contributed by atoms with Gasteiger partial charge in [-0.15, -0.1) is 0 Å². The summed E-state index contributed by atoms with van der Waals surface area (Å²) < 4.78 is 130. The molecule has 0 spiro atoms. The zero-order valence-electron chi connectivity index (χ0n) is 46.1. The van der Waals surface area contributed by atoms with Gasteiger partial charge in [0.25, 0.3) is 0 Å². The van der Waals surface area contributed by atoms with Crippen LogP contribution < -0.4 is 0 Å². The number of carboxylic acid groups (broad SMARTS) is 1. The average Bonchev–Trinajstić information content (AvgIpc) is 3.42. The van der Waals surface area contributed by atoms with E-state index in [9.17, 15) is 4.79 Å². The molecule has 456 valence electrons.